The summed E-state index contributed by atoms with van der Waals surface area (Å²) in [6, 6.07) is 3.75. The molecule has 0 radical (unpaired) electrons. The second kappa shape index (κ2) is 6.87. The average Bonchev–Trinajstić information content (AvgIpc) is 2.95. The van der Waals surface area contributed by atoms with Gasteiger partial charge in [-0.25, -0.2) is 12.8 Å². The zero-order valence-corrected chi connectivity index (χ0v) is 16.5. The van der Waals surface area contributed by atoms with Gasteiger partial charge in [-0.05, 0) is 37.1 Å². The van der Waals surface area contributed by atoms with E-state index >= 15 is 0 Å². The van der Waals surface area contributed by atoms with Crippen LogP contribution in [-0.2, 0) is 19.6 Å². The maximum absolute atomic E-state index is 13.5. The molecule has 7 nitrogen and oxygen atoms in total. The predicted octanol–water partition coefficient (Wildman–Crippen LogP) is 0.882. The van der Waals surface area contributed by atoms with Crippen molar-refractivity contribution in [2.24, 2.45) is 5.92 Å². The minimum atomic E-state index is -3.78. The summed E-state index contributed by atoms with van der Waals surface area (Å²) in [5, 5.41) is 2.97. The number of nitrogens with one attached hydrogen (secondary N) is 1. The van der Waals surface area contributed by atoms with E-state index in [1.54, 1.807) is 4.90 Å². The van der Waals surface area contributed by atoms with Gasteiger partial charge in [0.1, 0.15) is 5.82 Å². The number of carbonyl (C=O) groups is 2. The van der Waals surface area contributed by atoms with E-state index in [0.717, 1.165) is 6.07 Å². The molecule has 0 unspecified atom stereocenters. The summed E-state index contributed by atoms with van der Waals surface area (Å²) in [5.74, 6) is -0.950. The maximum atomic E-state index is 13.5. The highest BCUT2D eigenvalue weighted by molar-refractivity contribution is 7.89. The molecule has 148 valence electrons. The topological polar surface area (TPSA) is 86.8 Å². The number of likely N-dealkylation sites (tertiary alicyclic amines) is 1. The number of halogens is 1. The lowest BCUT2D eigenvalue weighted by atomic mass is 9.81. The second-order valence-electron chi connectivity index (χ2n) is 7.46. The van der Waals surface area contributed by atoms with Crippen LogP contribution in [-0.4, -0.2) is 61.2 Å². The van der Waals surface area contributed by atoms with Gasteiger partial charge in [-0.3, -0.25) is 9.59 Å². The molecule has 0 saturated carbocycles. The van der Waals surface area contributed by atoms with Crippen LogP contribution in [0.25, 0.3) is 0 Å². The Labute approximate surface area is 158 Å². The van der Waals surface area contributed by atoms with Crippen molar-refractivity contribution in [2.45, 2.75) is 37.6 Å². The SMILES string of the molecule is CC(=O)N[C@@]12CCN(S(=O)(=O)c3ccc(F)c(C)c3)C[C@@H]1CN(C(C)=O)C2. The van der Waals surface area contributed by atoms with Crippen molar-refractivity contribution >= 4 is 21.8 Å². The van der Waals surface area contributed by atoms with Gasteiger partial charge in [0.15, 0.2) is 0 Å². The molecule has 2 saturated heterocycles. The molecule has 2 aliphatic heterocycles. The van der Waals surface area contributed by atoms with E-state index in [9.17, 15) is 22.4 Å². The van der Waals surface area contributed by atoms with Crippen LogP contribution in [0.4, 0.5) is 4.39 Å². The van der Waals surface area contributed by atoms with Crippen LogP contribution < -0.4 is 5.32 Å². The Hall–Kier alpha value is -2.00. The number of piperidine rings is 1. The number of amides is 2. The van der Waals surface area contributed by atoms with E-state index in [2.05, 4.69) is 5.32 Å². The summed E-state index contributed by atoms with van der Waals surface area (Å²) < 4.78 is 40.9. The molecule has 27 heavy (non-hydrogen) atoms. The van der Waals surface area contributed by atoms with Crippen molar-refractivity contribution in [2.75, 3.05) is 26.2 Å². The van der Waals surface area contributed by atoms with E-state index in [1.165, 1.54) is 37.2 Å². The van der Waals surface area contributed by atoms with Crippen LogP contribution in [0.5, 0.6) is 0 Å². The van der Waals surface area contributed by atoms with Crippen LogP contribution in [0.3, 0.4) is 0 Å². The highest BCUT2D eigenvalue weighted by atomic mass is 32.2. The number of sulfonamides is 1. The molecule has 2 amide bonds. The number of hydrogen-bond acceptors (Lipinski definition) is 4. The molecule has 1 aromatic rings. The van der Waals surface area contributed by atoms with Crippen molar-refractivity contribution < 1.29 is 22.4 Å². The molecule has 2 aliphatic rings. The Morgan fingerprint density at radius 1 is 1.26 bits per heavy atom. The summed E-state index contributed by atoms with van der Waals surface area (Å²) >= 11 is 0. The highest BCUT2D eigenvalue weighted by Gasteiger charge is 2.52. The Morgan fingerprint density at radius 3 is 2.56 bits per heavy atom. The molecule has 3 rings (SSSR count). The van der Waals surface area contributed by atoms with Crippen molar-refractivity contribution in [3.8, 4) is 0 Å². The molecular weight excluding hydrogens is 373 g/mol. The molecule has 2 fully saturated rings. The van der Waals surface area contributed by atoms with Crippen LogP contribution in [0.15, 0.2) is 23.1 Å². The van der Waals surface area contributed by atoms with Crippen molar-refractivity contribution in [3.63, 3.8) is 0 Å². The second-order valence-corrected chi connectivity index (χ2v) is 9.40. The van der Waals surface area contributed by atoms with Gasteiger partial charge in [0.2, 0.25) is 21.8 Å². The predicted molar refractivity (Wildman–Crippen MR) is 96.8 cm³/mol. The molecule has 0 aromatic heterocycles. The van der Waals surface area contributed by atoms with Crippen molar-refractivity contribution in [1.29, 1.82) is 0 Å². The van der Waals surface area contributed by atoms with Gasteiger partial charge in [0.25, 0.3) is 0 Å². The molecule has 9 heteroatoms. The Kier molecular flexibility index (Phi) is 5.02. The first-order valence-corrected chi connectivity index (χ1v) is 10.3. The number of nitrogens with zero attached hydrogens (tertiary/aromatic N) is 2. The third-order valence-corrected chi connectivity index (χ3v) is 7.43. The molecular formula is C18H24FN3O4S. The normalized spacial score (nSPS) is 25.9. The van der Waals surface area contributed by atoms with Gasteiger partial charge in [-0.15, -0.1) is 0 Å². The quantitative estimate of drug-likeness (QED) is 0.820. The zero-order chi connectivity index (χ0) is 20.0. The number of aryl methyl sites for hydroxylation is 1. The fourth-order valence-electron chi connectivity index (χ4n) is 4.09. The highest BCUT2D eigenvalue weighted by Crippen LogP contribution is 2.37. The molecule has 0 aliphatic carbocycles. The molecule has 1 aromatic carbocycles. The van der Waals surface area contributed by atoms with Crippen LogP contribution >= 0.6 is 0 Å². The third kappa shape index (κ3) is 3.58. The number of benzene rings is 1. The lowest BCUT2D eigenvalue weighted by Gasteiger charge is -2.43. The molecule has 2 heterocycles. The zero-order valence-electron chi connectivity index (χ0n) is 15.7. The molecule has 1 N–H and O–H groups in total. The van der Waals surface area contributed by atoms with Gasteiger partial charge in [-0.1, -0.05) is 0 Å². The first kappa shape index (κ1) is 19.8. The Bertz CT molecular complexity index is 889. The lowest BCUT2D eigenvalue weighted by molar-refractivity contribution is -0.128. The fourth-order valence-corrected chi connectivity index (χ4v) is 5.66. The fraction of sp³-hybridized carbons (Fsp3) is 0.556. The van der Waals surface area contributed by atoms with E-state index in [0.29, 0.717) is 19.5 Å². The van der Waals surface area contributed by atoms with Gasteiger partial charge in [0.05, 0.1) is 10.4 Å². The first-order chi connectivity index (χ1) is 12.5. The maximum Gasteiger partial charge on any atom is 0.243 e. The summed E-state index contributed by atoms with van der Waals surface area (Å²) in [7, 11) is -3.78. The van der Waals surface area contributed by atoms with Gasteiger partial charge in [0, 0.05) is 45.9 Å². The van der Waals surface area contributed by atoms with Crippen LogP contribution in [0.1, 0.15) is 25.8 Å². The molecule has 0 spiro atoms. The van der Waals surface area contributed by atoms with Crippen molar-refractivity contribution in [1.82, 2.24) is 14.5 Å². The van der Waals surface area contributed by atoms with E-state index in [1.807, 2.05) is 0 Å². The molecule has 2 atom stereocenters. The van der Waals surface area contributed by atoms with Gasteiger partial charge in [-0.2, -0.15) is 4.31 Å². The summed E-state index contributed by atoms with van der Waals surface area (Å²) in [6.45, 7) is 5.61. The smallest absolute Gasteiger partial charge is 0.243 e. The van der Waals surface area contributed by atoms with Crippen LogP contribution in [0.2, 0.25) is 0 Å². The van der Waals surface area contributed by atoms with E-state index in [4.69, 9.17) is 0 Å². The molecule has 0 bridgehead atoms. The monoisotopic (exact) mass is 397 g/mol. The summed E-state index contributed by atoms with van der Waals surface area (Å²) in [4.78, 5) is 25.2. The largest absolute Gasteiger partial charge is 0.349 e. The number of fused-ring (bicyclic) bond motifs is 1. The van der Waals surface area contributed by atoms with Gasteiger partial charge < -0.3 is 10.2 Å². The number of rotatable bonds is 3. The third-order valence-electron chi connectivity index (χ3n) is 5.56. The minimum absolute atomic E-state index is 0.0508. The Balaban J connectivity index is 1.88. The summed E-state index contributed by atoms with van der Waals surface area (Å²) in [5.41, 5.74) is -0.341. The Morgan fingerprint density at radius 2 is 1.96 bits per heavy atom. The number of hydrogen-bond donors (Lipinski definition) is 1. The van der Waals surface area contributed by atoms with Crippen molar-refractivity contribution in [3.05, 3.63) is 29.6 Å². The first-order valence-electron chi connectivity index (χ1n) is 8.86. The average molecular weight is 397 g/mol. The van der Waals surface area contributed by atoms with E-state index in [-0.39, 0.29) is 41.3 Å². The minimum Gasteiger partial charge on any atom is -0.349 e. The standard InChI is InChI=1S/C18H24FN3O4S/c1-12-8-16(4-5-17(12)19)27(25,26)22-7-6-18(20-13(2)23)11-21(14(3)24)9-15(18)10-22/h4-5,8,15H,6-7,9-11H2,1-3H3,(H,20,23)/t15-,18+/m0/s1. The number of carbonyl (C=O) groups excluding carboxylic acids is 2. The van der Waals surface area contributed by atoms with Gasteiger partial charge >= 0.3 is 0 Å². The van der Waals surface area contributed by atoms with Crippen LogP contribution in [0, 0.1) is 18.7 Å². The lowest BCUT2D eigenvalue weighted by Crippen LogP contribution is -2.61. The van der Waals surface area contributed by atoms with E-state index < -0.39 is 21.4 Å². The summed E-state index contributed by atoms with van der Waals surface area (Å²) in [6.07, 6.45) is 0.417.